The lowest BCUT2D eigenvalue weighted by Gasteiger charge is -2.15. The van der Waals surface area contributed by atoms with Gasteiger partial charge in [-0.05, 0) is 60.3 Å². The summed E-state index contributed by atoms with van der Waals surface area (Å²) >= 11 is 0. The zero-order chi connectivity index (χ0) is 31.2. The maximum absolute atomic E-state index is 13.0. The molecule has 0 saturated carbocycles. The summed E-state index contributed by atoms with van der Waals surface area (Å²) in [6.45, 7) is 3.30. The van der Waals surface area contributed by atoms with E-state index in [1.807, 2.05) is 35.2 Å². The number of amides is 1. The van der Waals surface area contributed by atoms with Gasteiger partial charge in [0, 0.05) is 31.6 Å². The quantitative estimate of drug-likeness (QED) is 0.154. The first-order valence-corrected chi connectivity index (χ1v) is 13.4. The predicted octanol–water partition coefficient (Wildman–Crippen LogP) is 6.65. The van der Waals surface area contributed by atoms with E-state index in [-0.39, 0.29) is 5.91 Å². The lowest BCUT2D eigenvalue weighted by atomic mass is 10.0. The molecule has 13 heteroatoms. The average molecular weight is 607 g/mol. The van der Waals surface area contributed by atoms with Crippen LogP contribution >= 0.6 is 0 Å². The Morgan fingerprint density at radius 3 is 2.28 bits per heavy atom. The molecule has 0 atom stereocenters. The number of imidazole rings is 1. The van der Waals surface area contributed by atoms with Gasteiger partial charge < -0.3 is 20.3 Å². The van der Waals surface area contributed by atoms with Crippen LogP contribution in [0, 0.1) is 0 Å². The minimum absolute atomic E-state index is 0.268. The van der Waals surface area contributed by atoms with Crippen molar-refractivity contribution in [2.24, 2.45) is 0 Å². The number of aromatic nitrogens is 2. The van der Waals surface area contributed by atoms with Crippen molar-refractivity contribution in [3.8, 4) is 22.5 Å². The van der Waals surface area contributed by atoms with Gasteiger partial charge in [0.05, 0.1) is 16.6 Å². The molecule has 1 fully saturated rings. The molecule has 0 unspecified atom stereocenters. The maximum atomic E-state index is 13.0. The summed E-state index contributed by atoms with van der Waals surface area (Å²) in [5.74, 6) is -1.96. The van der Waals surface area contributed by atoms with Gasteiger partial charge in [-0.25, -0.2) is 9.78 Å². The highest BCUT2D eigenvalue weighted by Crippen LogP contribution is 2.32. The Kier molecular flexibility index (Phi) is 9.74. The molecule has 228 valence electrons. The van der Waals surface area contributed by atoms with Gasteiger partial charge in [0.15, 0.2) is 0 Å². The third-order valence-electron chi connectivity index (χ3n) is 6.75. The van der Waals surface area contributed by atoms with Gasteiger partial charge in [0.25, 0.3) is 0 Å². The van der Waals surface area contributed by atoms with Crippen LogP contribution in [0.15, 0.2) is 66.7 Å². The molecule has 5 rings (SSSR count). The molecule has 0 radical (unpaired) electrons. The number of hydrogen-bond acceptors (Lipinski definition) is 4. The third-order valence-corrected chi connectivity index (χ3v) is 6.75. The van der Waals surface area contributed by atoms with Crippen LogP contribution in [0.2, 0.25) is 0 Å². The average Bonchev–Trinajstić information content (AvgIpc) is 3.58. The van der Waals surface area contributed by atoms with E-state index >= 15 is 0 Å². The number of rotatable bonds is 8. The Morgan fingerprint density at radius 2 is 1.65 bits per heavy atom. The molecule has 0 spiro atoms. The van der Waals surface area contributed by atoms with Gasteiger partial charge in [0.2, 0.25) is 5.91 Å². The standard InChI is InChI=1S/C28H27F3N4O.C2HF3O2/c29-28(30,31)23-11-12-24-25(17-23)34-27(33-24)21-9-7-20(8-10-21)22-5-1-4-19(16-22)18-32-13-3-15-35-14-2-6-26(35)36;3-2(4,5)1(6)7/h1,4-5,7-12,16-17,32H,2-3,6,13-15,18H2,(H,33,34);(H,6,7). The van der Waals surface area contributed by atoms with Gasteiger partial charge in [-0.1, -0.05) is 42.5 Å². The van der Waals surface area contributed by atoms with Crippen LogP contribution in [-0.4, -0.2) is 57.7 Å². The number of nitrogens with zero attached hydrogens (tertiary/aromatic N) is 2. The number of carbonyl (C=O) groups is 2. The Bertz CT molecular complexity index is 1560. The molecule has 4 aromatic rings. The van der Waals surface area contributed by atoms with Crippen LogP contribution in [0.4, 0.5) is 26.3 Å². The number of benzene rings is 3. The van der Waals surface area contributed by atoms with E-state index < -0.39 is 23.9 Å². The number of carboxylic acid groups (broad SMARTS) is 1. The van der Waals surface area contributed by atoms with Crippen LogP contribution in [0.3, 0.4) is 0 Å². The number of carbonyl (C=O) groups excluding carboxylic acids is 1. The fourth-order valence-corrected chi connectivity index (χ4v) is 4.57. The second-order valence-electron chi connectivity index (χ2n) is 9.91. The van der Waals surface area contributed by atoms with Gasteiger partial charge >= 0.3 is 18.3 Å². The van der Waals surface area contributed by atoms with Crippen molar-refractivity contribution in [1.29, 1.82) is 0 Å². The van der Waals surface area contributed by atoms with Crippen LogP contribution in [-0.2, 0) is 22.3 Å². The number of aliphatic carboxylic acids is 1. The van der Waals surface area contributed by atoms with Crippen LogP contribution in [0.25, 0.3) is 33.5 Å². The molecule has 1 aromatic heterocycles. The maximum Gasteiger partial charge on any atom is 0.490 e. The first-order chi connectivity index (χ1) is 20.3. The minimum Gasteiger partial charge on any atom is -0.475 e. The number of H-pyrrole nitrogens is 1. The van der Waals surface area contributed by atoms with Crippen molar-refractivity contribution < 1.29 is 41.0 Å². The molecule has 0 aliphatic carbocycles. The Balaban J connectivity index is 0.000000541. The summed E-state index contributed by atoms with van der Waals surface area (Å²) in [7, 11) is 0. The minimum atomic E-state index is -5.08. The van der Waals surface area contributed by atoms with Gasteiger partial charge in [-0.15, -0.1) is 0 Å². The van der Waals surface area contributed by atoms with Crippen molar-refractivity contribution in [1.82, 2.24) is 20.2 Å². The summed E-state index contributed by atoms with van der Waals surface area (Å²) < 4.78 is 70.7. The monoisotopic (exact) mass is 606 g/mol. The van der Waals surface area contributed by atoms with Crippen LogP contribution in [0.1, 0.15) is 30.4 Å². The number of nitrogens with one attached hydrogen (secondary N) is 2. The highest BCUT2D eigenvalue weighted by Gasteiger charge is 2.38. The smallest absolute Gasteiger partial charge is 0.475 e. The first-order valence-electron chi connectivity index (χ1n) is 13.4. The Morgan fingerprint density at radius 1 is 0.953 bits per heavy atom. The molecule has 1 aliphatic rings. The normalized spacial score (nSPS) is 13.7. The molecule has 1 saturated heterocycles. The highest BCUT2D eigenvalue weighted by molar-refractivity contribution is 5.81. The zero-order valence-electron chi connectivity index (χ0n) is 22.7. The van der Waals surface area contributed by atoms with E-state index in [9.17, 15) is 31.1 Å². The Labute approximate surface area is 242 Å². The highest BCUT2D eigenvalue weighted by atomic mass is 19.4. The molecule has 3 N–H and O–H groups in total. The van der Waals surface area contributed by atoms with E-state index in [0.717, 1.165) is 67.8 Å². The van der Waals surface area contributed by atoms with Gasteiger partial charge in [-0.3, -0.25) is 4.79 Å². The molecular weight excluding hydrogens is 578 g/mol. The number of halogens is 6. The van der Waals surface area contributed by atoms with Crippen molar-refractivity contribution >= 4 is 22.9 Å². The SMILES string of the molecule is O=C(O)C(F)(F)F.O=C1CCCN1CCCNCc1cccc(-c2ccc(-c3nc4ccc(C(F)(F)F)cc4[nH]3)cc2)c1. The molecule has 43 heavy (non-hydrogen) atoms. The van der Waals surface area contributed by atoms with E-state index in [1.54, 1.807) is 0 Å². The molecule has 2 heterocycles. The molecule has 7 nitrogen and oxygen atoms in total. The van der Waals surface area contributed by atoms with Gasteiger partial charge in [0.1, 0.15) is 5.82 Å². The molecule has 3 aromatic carbocycles. The van der Waals surface area contributed by atoms with Crippen molar-refractivity contribution in [3.63, 3.8) is 0 Å². The van der Waals surface area contributed by atoms with E-state index in [1.165, 1.54) is 11.6 Å². The molecule has 1 amide bonds. The number of likely N-dealkylation sites (tertiary alicyclic amines) is 1. The second kappa shape index (κ2) is 13.3. The predicted molar refractivity (Wildman–Crippen MR) is 148 cm³/mol. The third kappa shape index (κ3) is 8.57. The second-order valence-corrected chi connectivity index (χ2v) is 9.91. The summed E-state index contributed by atoms with van der Waals surface area (Å²) in [5.41, 5.74) is 4.26. The van der Waals surface area contributed by atoms with E-state index in [0.29, 0.717) is 23.3 Å². The molecular formula is C30H28F6N4O3. The summed E-state index contributed by atoms with van der Waals surface area (Å²) in [6.07, 6.45) is -6.88. The zero-order valence-corrected chi connectivity index (χ0v) is 22.7. The topological polar surface area (TPSA) is 98.3 Å². The number of fused-ring (bicyclic) bond motifs is 1. The van der Waals surface area contributed by atoms with Crippen LogP contribution < -0.4 is 5.32 Å². The van der Waals surface area contributed by atoms with Crippen molar-refractivity contribution in [2.75, 3.05) is 19.6 Å². The number of aromatic amines is 1. The number of carboxylic acids is 1. The van der Waals surface area contributed by atoms with E-state index in [2.05, 4.69) is 33.5 Å². The summed E-state index contributed by atoms with van der Waals surface area (Å²) in [6, 6.07) is 19.6. The lowest BCUT2D eigenvalue weighted by Crippen LogP contribution is -2.28. The number of alkyl halides is 6. The lowest BCUT2D eigenvalue weighted by molar-refractivity contribution is -0.192. The fraction of sp³-hybridized carbons (Fsp3) is 0.300. The number of hydrogen-bond donors (Lipinski definition) is 3. The van der Waals surface area contributed by atoms with E-state index in [4.69, 9.17) is 9.90 Å². The molecule has 0 bridgehead atoms. The van der Waals surface area contributed by atoms with Crippen molar-refractivity contribution in [2.45, 2.75) is 38.2 Å². The first kappa shape index (κ1) is 31.5. The van der Waals surface area contributed by atoms with Crippen LogP contribution in [0.5, 0.6) is 0 Å². The Hall–Kier alpha value is -4.39. The van der Waals surface area contributed by atoms with Gasteiger partial charge in [-0.2, -0.15) is 26.3 Å². The summed E-state index contributed by atoms with van der Waals surface area (Å²) in [5, 5.41) is 10.6. The summed E-state index contributed by atoms with van der Waals surface area (Å²) in [4.78, 5) is 30.0. The largest absolute Gasteiger partial charge is 0.490 e. The fourth-order valence-electron chi connectivity index (χ4n) is 4.57. The molecule has 1 aliphatic heterocycles. The van der Waals surface area contributed by atoms with Crippen molar-refractivity contribution in [3.05, 3.63) is 77.9 Å².